The van der Waals surface area contributed by atoms with Crippen LogP contribution in [0.2, 0.25) is 0 Å². The van der Waals surface area contributed by atoms with Gasteiger partial charge in [0, 0.05) is 0 Å². The van der Waals surface area contributed by atoms with E-state index < -0.39 is 0 Å². The van der Waals surface area contributed by atoms with Crippen molar-refractivity contribution in [2.24, 2.45) is 0 Å². The molecule has 1 aliphatic rings. The van der Waals surface area contributed by atoms with Crippen LogP contribution in [-0.2, 0) is 9.31 Å². The molecule has 0 aromatic heterocycles. The Balaban J connectivity index is 2.28. The fraction of sp³-hybridized carbons (Fsp3) is 0.400. The van der Waals surface area contributed by atoms with E-state index in [4.69, 9.17) is 9.31 Å². The van der Waals surface area contributed by atoms with Crippen molar-refractivity contribution < 1.29 is 9.31 Å². The maximum Gasteiger partial charge on any atom is 0.494 e. The van der Waals surface area contributed by atoms with Gasteiger partial charge >= 0.3 is 7.12 Å². The third-order valence-corrected chi connectivity index (χ3v) is 2.14. The molecule has 1 heterocycles. The van der Waals surface area contributed by atoms with Crippen molar-refractivity contribution in [3.8, 4) is 0 Å². The highest BCUT2D eigenvalue weighted by atomic mass is 16.6. The molecule has 3 heteroatoms. The van der Waals surface area contributed by atoms with Gasteiger partial charge in [0.2, 0.25) is 0 Å². The van der Waals surface area contributed by atoms with E-state index in [-0.39, 0.29) is 7.12 Å². The van der Waals surface area contributed by atoms with Crippen LogP contribution in [0, 0.1) is 13.8 Å². The second kappa shape index (κ2) is 3.52. The summed E-state index contributed by atoms with van der Waals surface area (Å²) in [5, 5.41) is 0. The fourth-order valence-electron chi connectivity index (χ4n) is 1.70. The Hall–Kier alpha value is -0.795. The normalized spacial score (nSPS) is 16.6. The van der Waals surface area contributed by atoms with Gasteiger partial charge in [-0.25, -0.2) is 0 Å². The van der Waals surface area contributed by atoms with E-state index in [1.54, 1.807) is 0 Å². The van der Waals surface area contributed by atoms with Crippen LogP contribution in [0.25, 0.3) is 0 Å². The maximum atomic E-state index is 5.43. The van der Waals surface area contributed by atoms with E-state index in [1.807, 2.05) is 0 Å². The Morgan fingerprint density at radius 1 is 1.00 bits per heavy atom. The highest BCUT2D eigenvalue weighted by molar-refractivity contribution is 6.61. The Morgan fingerprint density at radius 2 is 1.54 bits per heavy atom. The summed E-state index contributed by atoms with van der Waals surface area (Å²) < 4.78 is 10.9. The minimum Gasteiger partial charge on any atom is -0.405 e. The number of hydrogen-bond donors (Lipinski definition) is 0. The van der Waals surface area contributed by atoms with Gasteiger partial charge in [-0.2, -0.15) is 0 Å². The number of aryl methyl sites for hydroxylation is 2. The van der Waals surface area contributed by atoms with Crippen molar-refractivity contribution in [1.29, 1.82) is 0 Å². The van der Waals surface area contributed by atoms with Gasteiger partial charge in [0.1, 0.15) is 0 Å². The molecule has 0 bridgehead atoms. The van der Waals surface area contributed by atoms with Crippen molar-refractivity contribution in [3.63, 3.8) is 0 Å². The Bertz CT molecular complexity index is 286. The van der Waals surface area contributed by atoms with E-state index in [1.165, 1.54) is 11.1 Å². The first-order valence-electron chi connectivity index (χ1n) is 4.57. The highest BCUT2D eigenvalue weighted by Crippen LogP contribution is 2.05. The molecule has 0 spiro atoms. The minimum atomic E-state index is -0.140. The lowest BCUT2D eigenvalue weighted by Gasteiger charge is -2.06. The third-order valence-electron chi connectivity index (χ3n) is 2.14. The minimum absolute atomic E-state index is 0.140. The van der Waals surface area contributed by atoms with Crippen molar-refractivity contribution >= 4 is 12.6 Å². The fourth-order valence-corrected chi connectivity index (χ4v) is 1.70. The summed E-state index contributed by atoms with van der Waals surface area (Å²) in [6.45, 7) is 5.59. The van der Waals surface area contributed by atoms with E-state index in [0.29, 0.717) is 13.2 Å². The molecule has 2 nitrogen and oxygen atoms in total. The molecule has 0 N–H and O–H groups in total. The van der Waals surface area contributed by atoms with Crippen molar-refractivity contribution in [2.75, 3.05) is 13.2 Å². The molecule has 1 aromatic rings. The van der Waals surface area contributed by atoms with E-state index in [2.05, 4.69) is 32.0 Å². The second-order valence-electron chi connectivity index (χ2n) is 3.49. The first kappa shape index (κ1) is 8.79. The lowest BCUT2D eigenvalue weighted by atomic mass is 9.78. The molecule has 2 rings (SSSR count). The predicted octanol–water partition coefficient (Wildman–Crippen LogP) is 1.05. The summed E-state index contributed by atoms with van der Waals surface area (Å²) in [6, 6.07) is 6.38. The Kier molecular flexibility index (Phi) is 2.38. The van der Waals surface area contributed by atoms with Crippen LogP contribution in [0.3, 0.4) is 0 Å². The number of benzene rings is 1. The summed E-state index contributed by atoms with van der Waals surface area (Å²) in [5.41, 5.74) is 3.65. The third kappa shape index (κ3) is 1.93. The molecule has 0 radical (unpaired) electrons. The standard InChI is InChI=1S/C10H13BO2/c1-8-5-9(2)7-10(6-8)11-12-3-4-13-11/h5-7H,3-4H2,1-2H3. The van der Waals surface area contributed by atoms with Crippen LogP contribution in [0.1, 0.15) is 11.1 Å². The quantitative estimate of drug-likeness (QED) is 0.595. The zero-order chi connectivity index (χ0) is 9.26. The van der Waals surface area contributed by atoms with E-state index >= 15 is 0 Å². The summed E-state index contributed by atoms with van der Waals surface area (Å²) in [7, 11) is -0.140. The van der Waals surface area contributed by atoms with Crippen LogP contribution in [0.4, 0.5) is 0 Å². The highest BCUT2D eigenvalue weighted by Gasteiger charge is 2.26. The van der Waals surface area contributed by atoms with Crippen molar-refractivity contribution in [2.45, 2.75) is 13.8 Å². The first-order chi connectivity index (χ1) is 6.25. The number of hydrogen-bond acceptors (Lipinski definition) is 2. The van der Waals surface area contributed by atoms with Gasteiger partial charge in [-0.1, -0.05) is 29.3 Å². The van der Waals surface area contributed by atoms with Gasteiger partial charge in [-0.15, -0.1) is 0 Å². The van der Waals surface area contributed by atoms with Gasteiger partial charge in [-0.05, 0) is 19.3 Å². The molecule has 1 saturated heterocycles. The molecule has 0 atom stereocenters. The Labute approximate surface area is 79.0 Å². The molecular weight excluding hydrogens is 163 g/mol. The molecule has 1 aromatic carbocycles. The summed E-state index contributed by atoms with van der Waals surface area (Å²) in [5.74, 6) is 0. The van der Waals surface area contributed by atoms with Crippen LogP contribution in [0.5, 0.6) is 0 Å². The lowest BCUT2D eigenvalue weighted by molar-refractivity contribution is 0.365. The zero-order valence-corrected chi connectivity index (χ0v) is 8.04. The molecule has 0 amide bonds. The molecule has 1 aliphatic heterocycles. The van der Waals surface area contributed by atoms with Gasteiger partial charge in [0.15, 0.2) is 0 Å². The van der Waals surface area contributed by atoms with Crippen LogP contribution >= 0.6 is 0 Å². The summed E-state index contributed by atoms with van der Waals surface area (Å²) in [4.78, 5) is 0. The van der Waals surface area contributed by atoms with E-state index in [0.717, 1.165) is 5.46 Å². The van der Waals surface area contributed by atoms with Crippen LogP contribution in [-0.4, -0.2) is 20.3 Å². The molecule has 0 saturated carbocycles. The van der Waals surface area contributed by atoms with Gasteiger partial charge in [-0.3, -0.25) is 0 Å². The molecule has 68 valence electrons. The topological polar surface area (TPSA) is 18.5 Å². The van der Waals surface area contributed by atoms with Crippen molar-refractivity contribution in [3.05, 3.63) is 29.3 Å². The van der Waals surface area contributed by atoms with Crippen molar-refractivity contribution in [1.82, 2.24) is 0 Å². The zero-order valence-electron chi connectivity index (χ0n) is 8.04. The smallest absolute Gasteiger partial charge is 0.405 e. The molecule has 1 fully saturated rings. The molecule has 0 aliphatic carbocycles. The first-order valence-corrected chi connectivity index (χ1v) is 4.57. The lowest BCUT2D eigenvalue weighted by Crippen LogP contribution is -2.31. The monoisotopic (exact) mass is 176 g/mol. The predicted molar refractivity (Wildman–Crippen MR) is 53.2 cm³/mol. The van der Waals surface area contributed by atoms with Gasteiger partial charge in [0.05, 0.1) is 13.2 Å². The SMILES string of the molecule is Cc1cc(C)cc(B2OCCO2)c1. The molecule has 0 unspecified atom stereocenters. The number of rotatable bonds is 1. The maximum absolute atomic E-state index is 5.43. The van der Waals surface area contributed by atoms with Crippen LogP contribution < -0.4 is 5.46 Å². The summed E-state index contributed by atoms with van der Waals surface area (Å²) in [6.07, 6.45) is 0. The second-order valence-corrected chi connectivity index (χ2v) is 3.49. The van der Waals surface area contributed by atoms with Gasteiger partial charge in [0.25, 0.3) is 0 Å². The Morgan fingerprint density at radius 3 is 2.08 bits per heavy atom. The average molecular weight is 176 g/mol. The van der Waals surface area contributed by atoms with Gasteiger partial charge < -0.3 is 9.31 Å². The van der Waals surface area contributed by atoms with Crippen LogP contribution in [0.15, 0.2) is 18.2 Å². The molecule has 13 heavy (non-hydrogen) atoms. The average Bonchev–Trinajstić information content (AvgIpc) is 2.53. The largest absolute Gasteiger partial charge is 0.494 e. The summed E-state index contributed by atoms with van der Waals surface area (Å²) >= 11 is 0. The van der Waals surface area contributed by atoms with E-state index in [9.17, 15) is 0 Å². The molecular formula is C10H13BO2.